The van der Waals surface area contributed by atoms with Gasteiger partial charge in [0.25, 0.3) is 0 Å². The number of carbonyl (C=O) groups is 1. The van der Waals surface area contributed by atoms with Gasteiger partial charge in [-0.25, -0.2) is 0 Å². The lowest BCUT2D eigenvalue weighted by Crippen LogP contribution is -2.13. The normalized spacial score (nSPS) is 10.3. The van der Waals surface area contributed by atoms with Crippen molar-refractivity contribution in [3.8, 4) is 11.1 Å². The minimum absolute atomic E-state index is 0.121. The van der Waals surface area contributed by atoms with Gasteiger partial charge < -0.3 is 10.5 Å². The number of esters is 1. The molecule has 2 N–H and O–H groups in total. The van der Waals surface area contributed by atoms with E-state index in [0.29, 0.717) is 12.3 Å². The second kappa shape index (κ2) is 5.35. The van der Waals surface area contributed by atoms with Gasteiger partial charge in [0.15, 0.2) is 0 Å². The van der Waals surface area contributed by atoms with Crippen LogP contribution in [0.25, 0.3) is 11.1 Å². The van der Waals surface area contributed by atoms with Crippen molar-refractivity contribution in [3.05, 3.63) is 36.7 Å². The van der Waals surface area contributed by atoms with Crippen LogP contribution in [-0.4, -0.2) is 22.4 Å². The van der Waals surface area contributed by atoms with Gasteiger partial charge in [-0.2, -0.15) is 5.10 Å². The molecule has 0 bridgehead atoms. The minimum Gasteiger partial charge on any atom is -0.465 e. The third kappa shape index (κ3) is 2.88. The molecule has 0 aliphatic rings. The zero-order valence-corrected chi connectivity index (χ0v) is 10.2. The molecule has 18 heavy (non-hydrogen) atoms. The Bertz CT molecular complexity index is 549. The molecule has 2 aromatic rings. The molecule has 5 heteroatoms. The van der Waals surface area contributed by atoms with Gasteiger partial charge in [0.05, 0.1) is 12.8 Å². The molecule has 0 unspecified atom stereocenters. The SMILES string of the molecule is CCOC(=O)Cn1cc(-c2cccc(N)c2)cn1. The van der Waals surface area contributed by atoms with E-state index in [1.807, 2.05) is 24.3 Å². The zero-order valence-electron chi connectivity index (χ0n) is 10.2. The van der Waals surface area contributed by atoms with Crippen molar-refractivity contribution in [2.24, 2.45) is 0 Å². The average Bonchev–Trinajstić information content (AvgIpc) is 2.78. The summed E-state index contributed by atoms with van der Waals surface area (Å²) in [6.45, 7) is 2.28. The van der Waals surface area contributed by atoms with Crippen LogP contribution < -0.4 is 5.73 Å². The number of ether oxygens (including phenoxy) is 1. The maximum atomic E-state index is 11.3. The second-order valence-corrected chi connectivity index (χ2v) is 3.86. The molecular formula is C13H15N3O2. The Kier molecular flexibility index (Phi) is 3.62. The Balaban J connectivity index is 2.13. The van der Waals surface area contributed by atoms with E-state index in [0.717, 1.165) is 11.1 Å². The summed E-state index contributed by atoms with van der Waals surface area (Å²) in [6, 6.07) is 7.52. The van der Waals surface area contributed by atoms with Crippen LogP contribution in [0.1, 0.15) is 6.92 Å². The molecule has 0 atom stereocenters. The van der Waals surface area contributed by atoms with Gasteiger partial charge >= 0.3 is 5.97 Å². The van der Waals surface area contributed by atoms with Crippen molar-refractivity contribution in [2.45, 2.75) is 13.5 Å². The van der Waals surface area contributed by atoms with Crippen LogP contribution in [0.2, 0.25) is 0 Å². The number of nitrogen functional groups attached to an aromatic ring is 1. The van der Waals surface area contributed by atoms with E-state index in [2.05, 4.69) is 5.10 Å². The van der Waals surface area contributed by atoms with Crippen LogP contribution in [0.5, 0.6) is 0 Å². The van der Waals surface area contributed by atoms with Crippen molar-refractivity contribution in [2.75, 3.05) is 12.3 Å². The first kappa shape index (κ1) is 12.2. The van der Waals surface area contributed by atoms with E-state index in [1.165, 1.54) is 0 Å². The minimum atomic E-state index is -0.292. The lowest BCUT2D eigenvalue weighted by molar-refractivity contribution is -0.144. The highest BCUT2D eigenvalue weighted by molar-refractivity contribution is 5.70. The van der Waals surface area contributed by atoms with Crippen molar-refractivity contribution in [1.29, 1.82) is 0 Å². The summed E-state index contributed by atoms with van der Waals surface area (Å²) in [5.74, 6) is -0.292. The zero-order chi connectivity index (χ0) is 13.0. The predicted octanol–water partition coefficient (Wildman–Crippen LogP) is 1.70. The topological polar surface area (TPSA) is 70.1 Å². The molecule has 1 heterocycles. The summed E-state index contributed by atoms with van der Waals surface area (Å²) in [4.78, 5) is 11.3. The van der Waals surface area contributed by atoms with Crippen LogP contribution in [0.15, 0.2) is 36.7 Å². The quantitative estimate of drug-likeness (QED) is 0.657. The van der Waals surface area contributed by atoms with Gasteiger partial charge in [-0.15, -0.1) is 0 Å². The summed E-state index contributed by atoms with van der Waals surface area (Å²) in [5.41, 5.74) is 8.32. The summed E-state index contributed by atoms with van der Waals surface area (Å²) < 4.78 is 6.41. The second-order valence-electron chi connectivity index (χ2n) is 3.86. The first-order valence-electron chi connectivity index (χ1n) is 5.73. The maximum Gasteiger partial charge on any atom is 0.327 e. The molecule has 0 aliphatic carbocycles. The van der Waals surface area contributed by atoms with E-state index in [4.69, 9.17) is 10.5 Å². The Morgan fingerprint density at radius 1 is 1.44 bits per heavy atom. The lowest BCUT2D eigenvalue weighted by Gasteiger charge is -2.01. The smallest absolute Gasteiger partial charge is 0.327 e. The number of hydrogen-bond acceptors (Lipinski definition) is 4. The highest BCUT2D eigenvalue weighted by Crippen LogP contribution is 2.20. The lowest BCUT2D eigenvalue weighted by atomic mass is 10.1. The van der Waals surface area contributed by atoms with Gasteiger partial charge in [0.1, 0.15) is 6.54 Å². The molecule has 0 saturated carbocycles. The summed E-state index contributed by atoms with van der Waals surface area (Å²) in [6.07, 6.45) is 3.50. The molecule has 2 rings (SSSR count). The third-order valence-electron chi connectivity index (χ3n) is 2.45. The molecule has 0 radical (unpaired) electrons. The van der Waals surface area contributed by atoms with Crippen LogP contribution in [0, 0.1) is 0 Å². The molecule has 5 nitrogen and oxygen atoms in total. The molecular weight excluding hydrogens is 230 g/mol. The number of carbonyl (C=O) groups excluding carboxylic acids is 1. The van der Waals surface area contributed by atoms with Crippen LogP contribution in [0.3, 0.4) is 0 Å². The van der Waals surface area contributed by atoms with Crippen LogP contribution >= 0.6 is 0 Å². The standard InChI is InChI=1S/C13H15N3O2/c1-2-18-13(17)9-16-8-11(7-15-16)10-4-3-5-12(14)6-10/h3-8H,2,9,14H2,1H3. The monoisotopic (exact) mass is 245 g/mol. The fourth-order valence-corrected chi connectivity index (χ4v) is 1.66. The summed E-state index contributed by atoms with van der Waals surface area (Å²) in [7, 11) is 0. The number of rotatable bonds is 4. The Morgan fingerprint density at radius 3 is 3.00 bits per heavy atom. The third-order valence-corrected chi connectivity index (χ3v) is 2.45. The van der Waals surface area contributed by atoms with Gasteiger partial charge in [0, 0.05) is 17.4 Å². The largest absolute Gasteiger partial charge is 0.465 e. The first-order chi connectivity index (χ1) is 8.69. The molecule has 0 aliphatic heterocycles. The van der Waals surface area contributed by atoms with E-state index >= 15 is 0 Å². The molecule has 0 amide bonds. The molecule has 1 aromatic heterocycles. The van der Waals surface area contributed by atoms with Gasteiger partial charge in [-0.3, -0.25) is 9.48 Å². The fraction of sp³-hybridized carbons (Fsp3) is 0.231. The van der Waals surface area contributed by atoms with E-state index in [9.17, 15) is 4.79 Å². The van der Waals surface area contributed by atoms with Crippen molar-refractivity contribution >= 4 is 11.7 Å². The van der Waals surface area contributed by atoms with E-state index in [1.54, 1.807) is 24.0 Å². The number of anilines is 1. The molecule has 0 saturated heterocycles. The molecule has 0 fully saturated rings. The highest BCUT2D eigenvalue weighted by atomic mass is 16.5. The number of nitrogens with two attached hydrogens (primary N) is 1. The maximum absolute atomic E-state index is 11.3. The van der Waals surface area contributed by atoms with Gasteiger partial charge in [-0.05, 0) is 24.6 Å². The van der Waals surface area contributed by atoms with Gasteiger partial charge in [-0.1, -0.05) is 12.1 Å². The number of hydrogen-bond donors (Lipinski definition) is 1. The molecule has 0 spiro atoms. The Labute approximate surface area is 105 Å². The van der Waals surface area contributed by atoms with E-state index < -0.39 is 0 Å². The Hall–Kier alpha value is -2.30. The Morgan fingerprint density at radius 2 is 2.28 bits per heavy atom. The number of aromatic nitrogens is 2. The molecule has 1 aromatic carbocycles. The van der Waals surface area contributed by atoms with Gasteiger partial charge in [0.2, 0.25) is 0 Å². The van der Waals surface area contributed by atoms with Crippen molar-refractivity contribution in [3.63, 3.8) is 0 Å². The van der Waals surface area contributed by atoms with Crippen molar-refractivity contribution in [1.82, 2.24) is 9.78 Å². The predicted molar refractivity (Wildman–Crippen MR) is 68.7 cm³/mol. The number of benzene rings is 1. The van der Waals surface area contributed by atoms with Crippen molar-refractivity contribution < 1.29 is 9.53 Å². The van der Waals surface area contributed by atoms with Crippen LogP contribution in [-0.2, 0) is 16.1 Å². The fourth-order valence-electron chi connectivity index (χ4n) is 1.66. The average molecular weight is 245 g/mol. The first-order valence-corrected chi connectivity index (χ1v) is 5.73. The summed E-state index contributed by atoms with van der Waals surface area (Å²) in [5, 5.41) is 4.12. The summed E-state index contributed by atoms with van der Waals surface area (Å²) >= 11 is 0. The van der Waals surface area contributed by atoms with Crippen LogP contribution in [0.4, 0.5) is 5.69 Å². The van der Waals surface area contributed by atoms with E-state index in [-0.39, 0.29) is 12.5 Å². The molecule has 94 valence electrons. The number of nitrogens with zero attached hydrogens (tertiary/aromatic N) is 2. The highest BCUT2D eigenvalue weighted by Gasteiger charge is 2.06.